The van der Waals surface area contributed by atoms with E-state index in [1.165, 1.54) is 0 Å². The zero-order chi connectivity index (χ0) is 18.2. The normalized spacial score (nSPS) is 10.2. The highest BCUT2D eigenvalue weighted by atomic mass is 79.9. The standard InChI is InChI=1S/C19H19BrO5/c1-3-11-24-17-10-7-14(12-16(17)20)19(22)25-15-8-5-13(6-9-15)18(21)23-4-2/h5-10,12H,3-4,11H2,1-2H3. The first-order chi connectivity index (χ1) is 12.0. The first-order valence-electron chi connectivity index (χ1n) is 7.96. The number of rotatable bonds is 7. The van der Waals surface area contributed by atoms with Gasteiger partial charge in [-0.15, -0.1) is 0 Å². The smallest absolute Gasteiger partial charge is 0.343 e. The molecule has 6 heteroatoms. The molecule has 0 bridgehead atoms. The van der Waals surface area contributed by atoms with Crippen molar-refractivity contribution in [3.8, 4) is 11.5 Å². The lowest BCUT2D eigenvalue weighted by atomic mass is 10.2. The van der Waals surface area contributed by atoms with Crippen molar-refractivity contribution >= 4 is 27.9 Å². The molecule has 0 unspecified atom stereocenters. The van der Waals surface area contributed by atoms with Gasteiger partial charge in [-0.25, -0.2) is 9.59 Å². The van der Waals surface area contributed by atoms with Crippen LogP contribution in [0, 0.1) is 0 Å². The first kappa shape index (κ1) is 19.0. The number of benzene rings is 2. The van der Waals surface area contributed by atoms with Crippen LogP contribution in [0.15, 0.2) is 46.9 Å². The molecule has 0 radical (unpaired) electrons. The number of halogens is 1. The molecule has 5 nitrogen and oxygen atoms in total. The van der Waals surface area contributed by atoms with Crippen LogP contribution in [-0.4, -0.2) is 25.2 Å². The number of carbonyl (C=O) groups excluding carboxylic acids is 2. The van der Waals surface area contributed by atoms with E-state index in [4.69, 9.17) is 14.2 Å². The molecule has 2 rings (SSSR count). The highest BCUT2D eigenvalue weighted by molar-refractivity contribution is 9.10. The van der Waals surface area contributed by atoms with Gasteiger partial charge in [0.25, 0.3) is 0 Å². The van der Waals surface area contributed by atoms with Gasteiger partial charge in [0.05, 0.1) is 28.8 Å². The second-order valence-electron chi connectivity index (χ2n) is 5.13. The van der Waals surface area contributed by atoms with E-state index in [1.54, 1.807) is 49.4 Å². The summed E-state index contributed by atoms with van der Waals surface area (Å²) >= 11 is 3.39. The van der Waals surface area contributed by atoms with E-state index >= 15 is 0 Å². The quantitative estimate of drug-likeness (QED) is 0.495. The van der Waals surface area contributed by atoms with E-state index in [9.17, 15) is 9.59 Å². The minimum atomic E-state index is -0.494. The van der Waals surface area contributed by atoms with Crippen LogP contribution in [-0.2, 0) is 4.74 Å². The molecule has 0 spiro atoms. The first-order valence-corrected chi connectivity index (χ1v) is 8.76. The summed E-state index contributed by atoms with van der Waals surface area (Å²) in [5.74, 6) is 0.122. The summed E-state index contributed by atoms with van der Waals surface area (Å²) in [6.45, 7) is 4.68. The summed E-state index contributed by atoms with van der Waals surface area (Å²) in [6.07, 6.45) is 0.901. The molecule has 2 aromatic carbocycles. The number of carbonyl (C=O) groups is 2. The van der Waals surface area contributed by atoms with Gasteiger partial charge in [0.2, 0.25) is 0 Å². The zero-order valence-electron chi connectivity index (χ0n) is 14.1. The highest BCUT2D eigenvalue weighted by Crippen LogP contribution is 2.27. The van der Waals surface area contributed by atoms with Crippen molar-refractivity contribution < 1.29 is 23.8 Å². The average Bonchev–Trinajstić information content (AvgIpc) is 2.61. The lowest BCUT2D eigenvalue weighted by molar-refractivity contribution is 0.0526. The van der Waals surface area contributed by atoms with Gasteiger partial charge in [0.15, 0.2) is 0 Å². The molecule has 0 N–H and O–H groups in total. The van der Waals surface area contributed by atoms with Gasteiger partial charge in [0.1, 0.15) is 11.5 Å². The number of ether oxygens (including phenoxy) is 3. The van der Waals surface area contributed by atoms with Crippen molar-refractivity contribution in [1.82, 2.24) is 0 Å². The lowest BCUT2D eigenvalue weighted by Crippen LogP contribution is -2.09. The van der Waals surface area contributed by atoms with Crippen LogP contribution in [0.1, 0.15) is 41.0 Å². The molecule has 2 aromatic rings. The maximum atomic E-state index is 12.2. The van der Waals surface area contributed by atoms with Gasteiger partial charge in [-0.1, -0.05) is 6.92 Å². The SMILES string of the molecule is CCCOc1ccc(C(=O)Oc2ccc(C(=O)OCC)cc2)cc1Br. The molecule has 0 aromatic heterocycles. The van der Waals surface area contributed by atoms with Gasteiger partial charge in [-0.2, -0.15) is 0 Å². The monoisotopic (exact) mass is 406 g/mol. The Bertz CT molecular complexity index is 740. The van der Waals surface area contributed by atoms with Gasteiger partial charge in [-0.3, -0.25) is 0 Å². The second kappa shape index (κ2) is 9.22. The van der Waals surface area contributed by atoms with Crippen LogP contribution in [0.4, 0.5) is 0 Å². The number of hydrogen-bond acceptors (Lipinski definition) is 5. The van der Waals surface area contributed by atoms with Gasteiger partial charge < -0.3 is 14.2 Å². The summed E-state index contributed by atoms with van der Waals surface area (Å²) in [4.78, 5) is 23.8. The summed E-state index contributed by atoms with van der Waals surface area (Å²) < 4.78 is 16.5. The van der Waals surface area contributed by atoms with E-state index in [0.29, 0.717) is 40.3 Å². The van der Waals surface area contributed by atoms with Crippen molar-refractivity contribution in [2.45, 2.75) is 20.3 Å². The zero-order valence-corrected chi connectivity index (χ0v) is 15.7. The summed E-state index contributed by atoms with van der Waals surface area (Å²) in [7, 11) is 0. The third kappa shape index (κ3) is 5.32. The molecule has 25 heavy (non-hydrogen) atoms. The van der Waals surface area contributed by atoms with Crippen molar-refractivity contribution in [3.63, 3.8) is 0 Å². The molecular weight excluding hydrogens is 388 g/mol. The molecule has 0 fully saturated rings. The molecule has 0 heterocycles. The predicted molar refractivity (Wildman–Crippen MR) is 97.3 cm³/mol. The molecule has 0 aliphatic carbocycles. The highest BCUT2D eigenvalue weighted by Gasteiger charge is 2.12. The summed E-state index contributed by atoms with van der Waals surface area (Å²) in [5, 5.41) is 0. The van der Waals surface area contributed by atoms with Crippen molar-refractivity contribution in [3.05, 3.63) is 58.1 Å². The molecule has 0 atom stereocenters. The second-order valence-corrected chi connectivity index (χ2v) is 5.98. The van der Waals surface area contributed by atoms with Crippen LogP contribution in [0.5, 0.6) is 11.5 Å². The number of hydrogen-bond donors (Lipinski definition) is 0. The Morgan fingerprint density at radius 2 is 1.64 bits per heavy atom. The van der Waals surface area contributed by atoms with Gasteiger partial charge in [0, 0.05) is 0 Å². The average molecular weight is 407 g/mol. The Morgan fingerprint density at radius 3 is 2.24 bits per heavy atom. The van der Waals surface area contributed by atoms with Crippen molar-refractivity contribution in [2.24, 2.45) is 0 Å². The largest absolute Gasteiger partial charge is 0.492 e. The maximum absolute atomic E-state index is 12.2. The Balaban J connectivity index is 2.04. The minimum Gasteiger partial charge on any atom is -0.492 e. The topological polar surface area (TPSA) is 61.8 Å². The predicted octanol–water partition coefficient (Wildman–Crippen LogP) is 4.63. The van der Waals surface area contributed by atoms with Crippen molar-refractivity contribution in [2.75, 3.05) is 13.2 Å². The third-order valence-electron chi connectivity index (χ3n) is 3.21. The minimum absolute atomic E-state index is 0.308. The van der Waals surface area contributed by atoms with E-state index in [2.05, 4.69) is 15.9 Å². The fraction of sp³-hybridized carbons (Fsp3) is 0.263. The van der Waals surface area contributed by atoms with Crippen LogP contribution >= 0.6 is 15.9 Å². The molecule has 0 aliphatic rings. The van der Waals surface area contributed by atoms with E-state index in [0.717, 1.165) is 6.42 Å². The Morgan fingerprint density at radius 1 is 0.960 bits per heavy atom. The molecular formula is C19H19BrO5. The van der Waals surface area contributed by atoms with Crippen LogP contribution in [0.25, 0.3) is 0 Å². The Kier molecular flexibility index (Phi) is 7.01. The van der Waals surface area contributed by atoms with E-state index in [1.807, 2.05) is 6.92 Å². The Hall–Kier alpha value is -2.34. The fourth-order valence-corrected chi connectivity index (χ4v) is 2.49. The molecule has 0 saturated carbocycles. The van der Waals surface area contributed by atoms with E-state index < -0.39 is 11.9 Å². The van der Waals surface area contributed by atoms with Gasteiger partial charge in [-0.05, 0) is 71.7 Å². The van der Waals surface area contributed by atoms with Crippen LogP contribution in [0.2, 0.25) is 0 Å². The molecule has 0 saturated heterocycles. The fourth-order valence-electron chi connectivity index (χ4n) is 2.00. The van der Waals surface area contributed by atoms with E-state index in [-0.39, 0.29) is 0 Å². The van der Waals surface area contributed by atoms with Crippen LogP contribution < -0.4 is 9.47 Å². The summed E-state index contributed by atoms with van der Waals surface area (Å²) in [5.41, 5.74) is 0.798. The molecule has 0 aliphatic heterocycles. The van der Waals surface area contributed by atoms with Crippen LogP contribution in [0.3, 0.4) is 0 Å². The summed E-state index contributed by atoms with van der Waals surface area (Å²) in [6, 6.07) is 11.2. The molecule has 0 amide bonds. The molecule has 132 valence electrons. The lowest BCUT2D eigenvalue weighted by Gasteiger charge is -2.09. The van der Waals surface area contributed by atoms with Gasteiger partial charge >= 0.3 is 11.9 Å². The number of esters is 2. The van der Waals surface area contributed by atoms with Crippen molar-refractivity contribution in [1.29, 1.82) is 0 Å². The Labute approximate surface area is 155 Å². The third-order valence-corrected chi connectivity index (χ3v) is 3.82. The maximum Gasteiger partial charge on any atom is 0.343 e.